The van der Waals surface area contributed by atoms with Gasteiger partial charge < -0.3 is 0 Å². The van der Waals surface area contributed by atoms with Crippen molar-refractivity contribution in [2.24, 2.45) is 5.92 Å². The summed E-state index contributed by atoms with van der Waals surface area (Å²) in [5.41, 5.74) is 2.60. The lowest BCUT2D eigenvalue weighted by atomic mass is 10.1. The zero-order valence-corrected chi connectivity index (χ0v) is 10.4. The van der Waals surface area contributed by atoms with Gasteiger partial charge in [-0.2, -0.15) is 0 Å². The fourth-order valence-corrected chi connectivity index (χ4v) is 7.90. The molecule has 0 atom stereocenters. The summed E-state index contributed by atoms with van der Waals surface area (Å²) in [5, 5.41) is 0. The minimum atomic E-state index is -0.251. The average Bonchev–Trinajstić information content (AvgIpc) is 3.01. The molecule has 0 heterocycles. The van der Waals surface area contributed by atoms with E-state index in [0.29, 0.717) is 0 Å². The lowest BCUT2D eigenvalue weighted by Crippen LogP contribution is -2.17. The van der Waals surface area contributed by atoms with Gasteiger partial charge in [-0.05, 0) is 17.0 Å². The minimum absolute atomic E-state index is 0.251. The van der Waals surface area contributed by atoms with E-state index in [0.717, 1.165) is 5.92 Å². The summed E-state index contributed by atoms with van der Waals surface area (Å²) in [5.74, 6) is 1.10. The predicted molar refractivity (Wildman–Crippen MR) is 62.0 cm³/mol. The maximum absolute atomic E-state index is 2.39. The lowest BCUT2D eigenvalue weighted by Gasteiger charge is -2.19. The molecule has 13 heavy (non-hydrogen) atoms. The van der Waals surface area contributed by atoms with Gasteiger partial charge in [-0.3, -0.25) is 0 Å². The van der Waals surface area contributed by atoms with Crippen LogP contribution in [0.4, 0.5) is 0 Å². The highest BCUT2D eigenvalue weighted by molar-refractivity contribution is 6.63. The van der Waals surface area contributed by atoms with Crippen LogP contribution in [0.25, 0.3) is 0 Å². The molecule has 0 bridgehead atoms. The molecule has 0 radical (unpaired) electrons. The third kappa shape index (κ3) is 2.58. The molecule has 0 aromatic heterocycles. The summed E-state index contributed by atoms with van der Waals surface area (Å²) in [6.45, 7) is 4.78. The van der Waals surface area contributed by atoms with E-state index in [1.165, 1.54) is 23.9 Å². The van der Waals surface area contributed by atoms with E-state index in [1.54, 1.807) is 31.7 Å². The van der Waals surface area contributed by atoms with Gasteiger partial charge in [0.25, 0.3) is 0 Å². The first-order chi connectivity index (χ1) is 6.35. The van der Waals surface area contributed by atoms with Crippen molar-refractivity contribution in [2.75, 3.05) is 0 Å². The Morgan fingerprint density at radius 2 is 1.46 bits per heavy atom. The maximum Gasteiger partial charge on any atom is 0.0433 e. The van der Waals surface area contributed by atoms with E-state index in [1.807, 2.05) is 0 Å². The van der Waals surface area contributed by atoms with Crippen LogP contribution in [0.3, 0.4) is 0 Å². The van der Waals surface area contributed by atoms with Crippen LogP contribution in [0, 0.1) is 5.92 Å². The lowest BCUT2D eigenvalue weighted by molar-refractivity contribution is 0.537. The molecule has 2 saturated carbocycles. The molecule has 2 aliphatic carbocycles. The van der Waals surface area contributed by atoms with Crippen LogP contribution < -0.4 is 0 Å². The van der Waals surface area contributed by atoms with Crippen molar-refractivity contribution < 1.29 is 0 Å². The highest BCUT2D eigenvalue weighted by Crippen LogP contribution is 2.53. The molecule has 0 saturated heterocycles. The summed E-state index contributed by atoms with van der Waals surface area (Å²) in [4.78, 5) is 0. The molecule has 76 valence electrons. The topological polar surface area (TPSA) is 0 Å². The van der Waals surface area contributed by atoms with Crippen molar-refractivity contribution in [3.05, 3.63) is 0 Å². The van der Waals surface area contributed by atoms with E-state index in [-0.39, 0.29) is 8.80 Å². The molecule has 0 unspecified atom stereocenters. The van der Waals surface area contributed by atoms with Crippen molar-refractivity contribution in [3.63, 3.8) is 0 Å². The van der Waals surface area contributed by atoms with E-state index < -0.39 is 0 Å². The largest absolute Gasteiger partial charge is 0.0651 e. The molecule has 2 aliphatic rings. The smallest absolute Gasteiger partial charge is 0.0433 e. The van der Waals surface area contributed by atoms with Gasteiger partial charge in [0.1, 0.15) is 0 Å². The Labute approximate surface area is 84.7 Å². The van der Waals surface area contributed by atoms with Crippen LogP contribution in [-0.4, -0.2) is 8.80 Å². The van der Waals surface area contributed by atoms with Gasteiger partial charge in [0.15, 0.2) is 0 Å². The molecule has 0 aromatic carbocycles. The van der Waals surface area contributed by atoms with Gasteiger partial charge in [0.2, 0.25) is 0 Å². The molecule has 0 aromatic rings. The summed E-state index contributed by atoms with van der Waals surface area (Å²) in [6.07, 6.45) is 9.36. The minimum Gasteiger partial charge on any atom is -0.0651 e. The Hall–Kier alpha value is 0.217. The second kappa shape index (κ2) is 4.16. The Bertz CT molecular complexity index is 143. The summed E-state index contributed by atoms with van der Waals surface area (Å²) in [7, 11) is -0.251. The Morgan fingerprint density at radius 3 is 1.77 bits per heavy atom. The van der Waals surface area contributed by atoms with E-state index >= 15 is 0 Å². The Morgan fingerprint density at radius 1 is 1.00 bits per heavy atom. The Balaban J connectivity index is 1.80. The van der Waals surface area contributed by atoms with Crippen LogP contribution in [0.2, 0.25) is 17.1 Å². The molecule has 0 spiro atoms. The monoisotopic (exact) mass is 196 g/mol. The predicted octanol–water partition coefficient (Wildman–Crippen LogP) is 3.98. The van der Waals surface area contributed by atoms with Crippen molar-refractivity contribution >= 4 is 8.80 Å². The molecule has 0 nitrogen and oxygen atoms in total. The van der Waals surface area contributed by atoms with Gasteiger partial charge in [-0.15, -0.1) is 0 Å². The molecule has 0 aliphatic heterocycles. The molecular formula is C12H24Si. The first-order valence-corrected chi connectivity index (χ1v) is 8.50. The van der Waals surface area contributed by atoms with Crippen LogP contribution in [0.15, 0.2) is 0 Å². The standard InChI is InChI=1S/C12H24Si/c1-3-10(4-2)9-13(11-5-6-11)12-7-8-12/h10-13H,3-9H2,1-2H3. The summed E-state index contributed by atoms with van der Waals surface area (Å²) in [6, 6.07) is 1.70. The van der Waals surface area contributed by atoms with Crippen molar-refractivity contribution in [1.82, 2.24) is 0 Å². The van der Waals surface area contributed by atoms with Gasteiger partial charge in [0, 0.05) is 8.80 Å². The molecule has 2 rings (SSSR count). The van der Waals surface area contributed by atoms with Gasteiger partial charge >= 0.3 is 0 Å². The molecule has 0 N–H and O–H groups in total. The molecule has 1 heteroatoms. The van der Waals surface area contributed by atoms with Crippen molar-refractivity contribution in [3.8, 4) is 0 Å². The normalized spacial score (nSPS) is 23.1. The van der Waals surface area contributed by atoms with Crippen LogP contribution in [0.1, 0.15) is 52.4 Å². The second-order valence-corrected chi connectivity index (χ2v) is 8.94. The average molecular weight is 196 g/mol. The highest BCUT2D eigenvalue weighted by Gasteiger charge is 2.42. The van der Waals surface area contributed by atoms with Crippen molar-refractivity contribution in [1.29, 1.82) is 0 Å². The zero-order valence-electron chi connectivity index (χ0n) is 9.26. The van der Waals surface area contributed by atoms with Gasteiger partial charge in [0.05, 0.1) is 0 Å². The number of hydrogen-bond donors (Lipinski definition) is 0. The van der Waals surface area contributed by atoms with E-state index in [9.17, 15) is 0 Å². The van der Waals surface area contributed by atoms with E-state index in [2.05, 4.69) is 13.8 Å². The van der Waals surface area contributed by atoms with E-state index in [4.69, 9.17) is 0 Å². The Kier molecular flexibility index (Phi) is 3.12. The second-order valence-electron chi connectivity index (χ2n) is 5.26. The summed E-state index contributed by atoms with van der Waals surface area (Å²) < 4.78 is 0. The van der Waals surface area contributed by atoms with Crippen LogP contribution >= 0.6 is 0 Å². The summed E-state index contributed by atoms with van der Waals surface area (Å²) >= 11 is 0. The first-order valence-electron chi connectivity index (χ1n) is 6.35. The van der Waals surface area contributed by atoms with Gasteiger partial charge in [-0.1, -0.05) is 58.4 Å². The first kappa shape index (κ1) is 9.76. The fourth-order valence-electron chi connectivity index (χ4n) is 2.83. The third-order valence-corrected chi connectivity index (χ3v) is 9.18. The van der Waals surface area contributed by atoms with Crippen LogP contribution in [0.5, 0.6) is 0 Å². The number of hydrogen-bond acceptors (Lipinski definition) is 0. The highest BCUT2D eigenvalue weighted by atomic mass is 28.3. The fraction of sp³-hybridized carbons (Fsp3) is 1.00. The van der Waals surface area contributed by atoms with Crippen LogP contribution in [-0.2, 0) is 0 Å². The maximum atomic E-state index is 2.39. The zero-order chi connectivity index (χ0) is 9.26. The number of rotatable bonds is 6. The molecule has 2 fully saturated rings. The molecule has 0 amide bonds. The third-order valence-electron chi connectivity index (χ3n) is 4.22. The van der Waals surface area contributed by atoms with Gasteiger partial charge in [-0.25, -0.2) is 0 Å². The molecular weight excluding hydrogens is 172 g/mol. The quantitative estimate of drug-likeness (QED) is 0.564. The SMILES string of the molecule is CCC(CC)C[SiH](C1CC1)C1CC1. The van der Waals surface area contributed by atoms with Crippen molar-refractivity contribution in [2.45, 2.75) is 69.5 Å².